The Kier molecular flexibility index (Phi) is 2.65. The van der Waals surface area contributed by atoms with E-state index in [1.54, 1.807) is 18.0 Å². The summed E-state index contributed by atoms with van der Waals surface area (Å²) in [5, 5.41) is 5.92. The Balaban J connectivity index is 1.97. The number of thioether (sulfide) groups is 1. The summed E-state index contributed by atoms with van der Waals surface area (Å²) in [5.41, 5.74) is 1.02. The van der Waals surface area contributed by atoms with Gasteiger partial charge in [0.25, 0.3) is 0 Å². The van der Waals surface area contributed by atoms with Crippen LogP contribution in [0.2, 0.25) is 0 Å². The highest BCUT2D eigenvalue weighted by Crippen LogP contribution is 2.25. The number of aryl methyl sites for hydroxylation is 1. The third-order valence-corrected chi connectivity index (χ3v) is 3.32. The number of hydrogen-bond acceptors (Lipinski definition) is 5. The van der Waals surface area contributed by atoms with Crippen molar-refractivity contribution < 1.29 is 4.42 Å². The first kappa shape index (κ1) is 8.77. The van der Waals surface area contributed by atoms with Gasteiger partial charge in [-0.1, -0.05) is 4.49 Å². The minimum atomic E-state index is 0.858. The lowest BCUT2D eigenvalue weighted by atomic mass is 10.5. The molecule has 13 heavy (non-hydrogen) atoms. The van der Waals surface area contributed by atoms with Gasteiger partial charge in [0.15, 0.2) is 0 Å². The normalized spacial score (nSPS) is 10.5. The van der Waals surface area contributed by atoms with E-state index in [1.807, 2.05) is 18.4 Å². The summed E-state index contributed by atoms with van der Waals surface area (Å²) >= 11 is 3.10. The first-order valence-electron chi connectivity index (χ1n) is 3.79. The van der Waals surface area contributed by atoms with Crippen molar-refractivity contribution in [1.29, 1.82) is 0 Å². The zero-order valence-corrected chi connectivity index (χ0v) is 8.69. The van der Waals surface area contributed by atoms with E-state index in [9.17, 15) is 0 Å². The van der Waals surface area contributed by atoms with E-state index in [0.717, 1.165) is 17.2 Å². The van der Waals surface area contributed by atoms with Gasteiger partial charge < -0.3 is 4.42 Å². The lowest BCUT2D eigenvalue weighted by Crippen LogP contribution is -1.80. The zero-order chi connectivity index (χ0) is 9.10. The minimum Gasteiger partial charge on any atom is -0.468 e. The molecule has 0 aliphatic rings. The Morgan fingerprint density at radius 1 is 1.62 bits per heavy atom. The highest BCUT2D eigenvalue weighted by molar-refractivity contribution is 7.98. The lowest BCUT2D eigenvalue weighted by molar-refractivity contribution is 0.527. The molecule has 0 saturated heterocycles. The fourth-order valence-corrected chi connectivity index (χ4v) is 2.33. The van der Waals surface area contributed by atoms with Crippen LogP contribution in [0.15, 0.2) is 27.0 Å². The van der Waals surface area contributed by atoms with Crippen LogP contribution in [-0.2, 0) is 5.75 Å². The van der Waals surface area contributed by atoms with Crippen LogP contribution in [0, 0.1) is 6.92 Å². The topological polar surface area (TPSA) is 38.9 Å². The first-order chi connectivity index (χ1) is 6.36. The molecule has 3 nitrogen and oxygen atoms in total. The molecule has 5 heteroatoms. The van der Waals surface area contributed by atoms with Crippen molar-refractivity contribution in [3.05, 3.63) is 29.2 Å². The Morgan fingerprint density at radius 2 is 2.54 bits per heavy atom. The van der Waals surface area contributed by atoms with Crippen molar-refractivity contribution in [2.75, 3.05) is 0 Å². The van der Waals surface area contributed by atoms with Crippen LogP contribution in [0.3, 0.4) is 0 Å². The number of nitrogens with zero attached hydrogens (tertiary/aromatic N) is 2. The highest BCUT2D eigenvalue weighted by atomic mass is 32.2. The van der Waals surface area contributed by atoms with Crippen molar-refractivity contribution in [2.24, 2.45) is 0 Å². The summed E-state index contributed by atoms with van der Waals surface area (Å²) in [4.78, 5) is 1.17. The molecule has 0 N–H and O–H groups in total. The first-order valence-corrected chi connectivity index (χ1v) is 5.61. The maximum absolute atomic E-state index is 5.18. The molecule has 2 aromatic rings. The number of aromatic nitrogens is 2. The van der Waals surface area contributed by atoms with Crippen molar-refractivity contribution in [2.45, 2.75) is 17.6 Å². The number of hydrogen-bond donors (Lipinski definition) is 0. The third kappa shape index (κ3) is 2.10. The summed E-state index contributed by atoms with van der Waals surface area (Å²) in [6, 6.07) is 1.97. The van der Waals surface area contributed by atoms with Crippen LogP contribution in [0.1, 0.15) is 11.5 Å². The average molecular weight is 212 g/mol. The van der Waals surface area contributed by atoms with Crippen LogP contribution < -0.4 is 0 Å². The van der Waals surface area contributed by atoms with Gasteiger partial charge in [-0.25, -0.2) is 0 Å². The maximum atomic E-state index is 5.18. The van der Waals surface area contributed by atoms with Crippen molar-refractivity contribution >= 4 is 23.3 Å². The monoisotopic (exact) mass is 212 g/mol. The van der Waals surface area contributed by atoms with Gasteiger partial charge in [0, 0.05) is 16.0 Å². The van der Waals surface area contributed by atoms with Gasteiger partial charge in [0.2, 0.25) is 0 Å². The molecule has 0 atom stereocenters. The Morgan fingerprint density at radius 3 is 3.15 bits per heavy atom. The lowest BCUT2D eigenvalue weighted by Gasteiger charge is -1.94. The smallest absolute Gasteiger partial charge is 0.114 e. The van der Waals surface area contributed by atoms with Crippen LogP contribution in [-0.4, -0.2) is 9.59 Å². The van der Waals surface area contributed by atoms with Gasteiger partial charge in [0.1, 0.15) is 5.76 Å². The Bertz CT molecular complexity index is 369. The molecule has 2 aromatic heterocycles. The zero-order valence-electron chi connectivity index (χ0n) is 7.06. The van der Waals surface area contributed by atoms with E-state index in [4.69, 9.17) is 4.42 Å². The van der Waals surface area contributed by atoms with Gasteiger partial charge in [-0.3, -0.25) is 0 Å². The van der Waals surface area contributed by atoms with Gasteiger partial charge in [0.05, 0.1) is 12.0 Å². The van der Waals surface area contributed by atoms with E-state index in [-0.39, 0.29) is 0 Å². The van der Waals surface area contributed by atoms with Crippen LogP contribution in [0.25, 0.3) is 0 Å². The molecular formula is C8H8N2OS2. The molecule has 68 valence electrons. The van der Waals surface area contributed by atoms with Gasteiger partial charge in [-0.15, -0.1) is 16.9 Å². The molecule has 0 spiro atoms. The highest BCUT2D eigenvalue weighted by Gasteiger charge is 2.03. The van der Waals surface area contributed by atoms with Gasteiger partial charge in [-0.2, -0.15) is 0 Å². The van der Waals surface area contributed by atoms with Crippen molar-refractivity contribution in [3.8, 4) is 0 Å². The predicted molar refractivity (Wildman–Crippen MR) is 52.9 cm³/mol. The molecule has 2 heterocycles. The summed E-state index contributed by atoms with van der Waals surface area (Å²) in [6.45, 7) is 1.96. The van der Waals surface area contributed by atoms with Crippen molar-refractivity contribution in [1.82, 2.24) is 9.59 Å². The van der Waals surface area contributed by atoms with E-state index in [2.05, 4.69) is 9.59 Å². The molecule has 0 aromatic carbocycles. The molecule has 0 fully saturated rings. The summed E-state index contributed by atoms with van der Waals surface area (Å²) in [5.74, 6) is 1.82. The quantitative estimate of drug-likeness (QED) is 0.733. The van der Waals surface area contributed by atoms with E-state index in [0.29, 0.717) is 0 Å². The fourth-order valence-electron chi connectivity index (χ4n) is 0.922. The van der Waals surface area contributed by atoms with E-state index < -0.39 is 0 Å². The molecule has 2 rings (SSSR count). The van der Waals surface area contributed by atoms with E-state index in [1.165, 1.54) is 16.4 Å². The average Bonchev–Trinajstić information content (AvgIpc) is 2.72. The third-order valence-electron chi connectivity index (χ3n) is 1.59. The predicted octanol–water partition coefficient (Wildman–Crippen LogP) is 2.73. The molecule has 0 aliphatic heterocycles. The molecular weight excluding hydrogens is 204 g/mol. The SMILES string of the molecule is Cc1occc1SCc1csnn1. The minimum absolute atomic E-state index is 0.858. The molecule has 0 radical (unpaired) electrons. The van der Waals surface area contributed by atoms with Crippen LogP contribution in [0.5, 0.6) is 0 Å². The molecule has 0 bridgehead atoms. The Hall–Kier alpha value is -0.810. The second-order valence-electron chi connectivity index (χ2n) is 2.53. The van der Waals surface area contributed by atoms with E-state index >= 15 is 0 Å². The fraction of sp³-hybridized carbons (Fsp3) is 0.250. The number of rotatable bonds is 3. The number of furan rings is 1. The second-order valence-corrected chi connectivity index (χ2v) is 4.15. The molecule has 0 aliphatic carbocycles. The van der Waals surface area contributed by atoms with Crippen molar-refractivity contribution in [3.63, 3.8) is 0 Å². The second kappa shape index (κ2) is 3.93. The molecule has 0 amide bonds. The van der Waals surface area contributed by atoms with Gasteiger partial charge in [-0.05, 0) is 24.5 Å². The van der Waals surface area contributed by atoms with Crippen LogP contribution >= 0.6 is 23.3 Å². The summed E-state index contributed by atoms with van der Waals surface area (Å²) < 4.78 is 8.98. The van der Waals surface area contributed by atoms with Crippen LogP contribution in [0.4, 0.5) is 0 Å². The largest absolute Gasteiger partial charge is 0.468 e. The molecule has 0 saturated carbocycles. The molecule has 0 unspecified atom stereocenters. The summed E-state index contributed by atoms with van der Waals surface area (Å²) in [7, 11) is 0. The standard InChI is InChI=1S/C8H8N2OS2/c1-6-8(2-3-11-6)12-4-7-5-13-10-9-7/h2-3,5H,4H2,1H3. The van der Waals surface area contributed by atoms with Gasteiger partial charge >= 0.3 is 0 Å². The maximum Gasteiger partial charge on any atom is 0.114 e. The Labute approximate surface area is 84.3 Å². The summed E-state index contributed by atoms with van der Waals surface area (Å²) in [6.07, 6.45) is 1.71.